The van der Waals surface area contributed by atoms with Crippen molar-refractivity contribution in [3.63, 3.8) is 0 Å². The maximum absolute atomic E-state index is 12.1. The summed E-state index contributed by atoms with van der Waals surface area (Å²) in [4.78, 5) is 23.7. The minimum absolute atomic E-state index is 0.0102. The average Bonchev–Trinajstić information content (AvgIpc) is 2.82. The summed E-state index contributed by atoms with van der Waals surface area (Å²) in [5.74, 6) is -0.0247. The lowest BCUT2D eigenvalue weighted by atomic mass is 10.2. The molecular weight excluding hydrogens is 322 g/mol. The molecule has 2 aromatic rings. The number of nitrogens with one attached hydrogen (secondary N) is 1. The number of amides is 1. The second kappa shape index (κ2) is 8.32. The third kappa shape index (κ3) is 5.07. The second-order valence-corrected chi connectivity index (χ2v) is 5.66. The third-order valence-electron chi connectivity index (χ3n) is 3.62. The SMILES string of the molecule is CCOC(=O)Cn1nc(C)c(NC(=O)COc2ccc(C)cc2)c1C. The number of carbonyl (C=O) groups is 2. The largest absolute Gasteiger partial charge is 0.484 e. The summed E-state index contributed by atoms with van der Waals surface area (Å²) >= 11 is 0. The van der Waals surface area contributed by atoms with Gasteiger partial charge in [0.05, 0.1) is 23.7 Å². The molecule has 2 rings (SSSR count). The van der Waals surface area contributed by atoms with Crippen LogP contribution in [0.5, 0.6) is 5.75 Å². The van der Waals surface area contributed by atoms with Crippen LogP contribution in [0.1, 0.15) is 23.9 Å². The molecule has 1 heterocycles. The number of hydrogen-bond donors (Lipinski definition) is 1. The fourth-order valence-electron chi connectivity index (χ4n) is 2.32. The molecule has 0 radical (unpaired) electrons. The van der Waals surface area contributed by atoms with E-state index in [1.807, 2.05) is 31.2 Å². The van der Waals surface area contributed by atoms with E-state index in [1.54, 1.807) is 20.8 Å². The van der Waals surface area contributed by atoms with Gasteiger partial charge in [0.2, 0.25) is 0 Å². The summed E-state index contributed by atoms with van der Waals surface area (Å²) in [5, 5.41) is 7.06. The quantitative estimate of drug-likeness (QED) is 0.779. The summed E-state index contributed by atoms with van der Waals surface area (Å²) in [6.07, 6.45) is 0. The van der Waals surface area contributed by atoms with Crippen molar-refractivity contribution in [1.29, 1.82) is 0 Å². The van der Waals surface area contributed by atoms with Crippen molar-refractivity contribution in [1.82, 2.24) is 9.78 Å². The number of benzene rings is 1. The molecule has 0 aliphatic rings. The fraction of sp³-hybridized carbons (Fsp3) is 0.389. The van der Waals surface area contributed by atoms with Gasteiger partial charge in [-0.1, -0.05) is 17.7 Å². The van der Waals surface area contributed by atoms with Gasteiger partial charge in [0, 0.05) is 0 Å². The van der Waals surface area contributed by atoms with Gasteiger partial charge in [-0.3, -0.25) is 14.3 Å². The van der Waals surface area contributed by atoms with E-state index in [1.165, 1.54) is 4.68 Å². The molecule has 0 aliphatic carbocycles. The number of ether oxygens (including phenoxy) is 2. The Morgan fingerprint density at radius 1 is 1.16 bits per heavy atom. The normalized spacial score (nSPS) is 10.4. The van der Waals surface area contributed by atoms with Crippen LogP contribution in [0.25, 0.3) is 0 Å². The smallest absolute Gasteiger partial charge is 0.327 e. The average molecular weight is 345 g/mol. The first-order chi connectivity index (χ1) is 11.9. The van der Waals surface area contributed by atoms with Crippen molar-refractivity contribution in [3.05, 3.63) is 41.2 Å². The zero-order valence-electron chi connectivity index (χ0n) is 15.0. The highest BCUT2D eigenvalue weighted by Gasteiger charge is 2.16. The van der Waals surface area contributed by atoms with Crippen LogP contribution in [0.2, 0.25) is 0 Å². The van der Waals surface area contributed by atoms with E-state index < -0.39 is 0 Å². The summed E-state index contributed by atoms with van der Waals surface area (Å²) in [6, 6.07) is 7.47. The van der Waals surface area contributed by atoms with Crippen LogP contribution in [0.4, 0.5) is 5.69 Å². The van der Waals surface area contributed by atoms with Crippen molar-refractivity contribution >= 4 is 17.6 Å². The fourth-order valence-corrected chi connectivity index (χ4v) is 2.32. The molecule has 25 heavy (non-hydrogen) atoms. The number of carbonyl (C=O) groups excluding carboxylic acids is 2. The van der Waals surface area contributed by atoms with E-state index in [4.69, 9.17) is 9.47 Å². The number of hydrogen-bond acceptors (Lipinski definition) is 5. The highest BCUT2D eigenvalue weighted by atomic mass is 16.5. The van der Waals surface area contributed by atoms with Crippen molar-refractivity contribution < 1.29 is 19.1 Å². The molecule has 0 unspecified atom stereocenters. The van der Waals surface area contributed by atoms with E-state index in [9.17, 15) is 9.59 Å². The van der Waals surface area contributed by atoms with Crippen LogP contribution < -0.4 is 10.1 Å². The lowest BCUT2D eigenvalue weighted by Gasteiger charge is -2.08. The van der Waals surface area contributed by atoms with E-state index in [0.29, 0.717) is 29.4 Å². The third-order valence-corrected chi connectivity index (χ3v) is 3.62. The van der Waals surface area contributed by atoms with Gasteiger partial charge in [-0.2, -0.15) is 5.10 Å². The molecular formula is C18H23N3O4. The molecule has 0 atom stereocenters. The lowest BCUT2D eigenvalue weighted by Crippen LogP contribution is -2.21. The van der Waals surface area contributed by atoms with E-state index in [0.717, 1.165) is 5.56 Å². The first-order valence-electron chi connectivity index (χ1n) is 8.09. The lowest BCUT2D eigenvalue weighted by molar-refractivity contribution is -0.144. The summed E-state index contributed by atoms with van der Waals surface area (Å²) in [7, 11) is 0. The van der Waals surface area contributed by atoms with Gasteiger partial charge in [0.25, 0.3) is 5.91 Å². The summed E-state index contributed by atoms with van der Waals surface area (Å²) in [6.45, 7) is 7.51. The van der Waals surface area contributed by atoms with Crippen molar-refractivity contribution in [2.24, 2.45) is 0 Å². The van der Waals surface area contributed by atoms with Crippen molar-refractivity contribution in [2.75, 3.05) is 18.5 Å². The first-order valence-corrected chi connectivity index (χ1v) is 8.09. The summed E-state index contributed by atoms with van der Waals surface area (Å²) < 4.78 is 11.9. The Bertz CT molecular complexity index is 750. The minimum Gasteiger partial charge on any atom is -0.484 e. The van der Waals surface area contributed by atoms with Crippen LogP contribution >= 0.6 is 0 Å². The minimum atomic E-state index is -0.367. The molecule has 0 aliphatic heterocycles. The second-order valence-electron chi connectivity index (χ2n) is 5.66. The maximum atomic E-state index is 12.1. The van der Waals surface area contributed by atoms with Gasteiger partial charge in [0.1, 0.15) is 12.3 Å². The topological polar surface area (TPSA) is 82.5 Å². The number of esters is 1. The standard InChI is InChI=1S/C18H23N3O4/c1-5-24-17(23)10-21-14(4)18(13(3)20-21)19-16(22)11-25-15-8-6-12(2)7-9-15/h6-9H,5,10-11H2,1-4H3,(H,19,22). The van der Waals surface area contributed by atoms with Crippen LogP contribution in [-0.2, 0) is 20.9 Å². The van der Waals surface area contributed by atoms with Gasteiger partial charge in [-0.15, -0.1) is 0 Å². The molecule has 1 aromatic carbocycles. The highest BCUT2D eigenvalue weighted by molar-refractivity contribution is 5.93. The van der Waals surface area contributed by atoms with Crippen LogP contribution in [0.15, 0.2) is 24.3 Å². The van der Waals surface area contributed by atoms with Gasteiger partial charge < -0.3 is 14.8 Å². The Balaban J connectivity index is 1.97. The van der Waals surface area contributed by atoms with Crippen molar-refractivity contribution in [3.8, 4) is 5.75 Å². The molecule has 0 saturated heterocycles. The molecule has 1 amide bonds. The van der Waals surface area contributed by atoms with Crippen molar-refractivity contribution in [2.45, 2.75) is 34.2 Å². The van der Waals surface area contributed by atoms with Gasteiger partial charge >= 0.3 is 5.97 Å². The molecule has 7 nitrogen and oxygen atoms in total. The zero-order valence-corrected chi connectivity index (χ0v) is 15.0. The molecule has 7 heteroatoms. The molecule has 0 saturated carbocycles. The summed E-state index contributed by atoms with van der Waals surface area (Å²) in [5.41, 5.74) is 3.03. The number of nitrogens with zero attached hydrogens (tertiary/aromatic N) is 2. The van der Waals surface area contributed by atoms with E-state index in [2.05, 4.69) is 10.4 Å². The number of anilines is 1. The predicted molar refractivity (Wildman–Crippen MR) is 93.6 cm³/mol. The van der Waals surface area contributed by atoms with Gasteiger partial charge in [-0.25, -0.2) is 0 Å². The molecule has 0 fully saturated rings. The Hall–Kier alpha value is -2.83. The Morgan fingerprint density at radius 3 is 2.48 bits per heavy atom. The van der Waals surface area contributed by atoms with Crippen LogP contribution in [0.3, 0.4) is 0 Å². The maximum Gasteiger partial charge on any atom is 0.327 e. The zero-order chi connectivity index (χ0) is 18.4. The van der Waals surface area contributed by atoms with Crippen LogP contribution in [-0.4, -0.2) is 34.9 Å². The molecule has 134 valence electrons. The predicted octanol–water partition coefficient (Wildman–Crippen LogP) is 2.39. The van der Waals surface area contributed by atoms with Crippen LogP contribution in [0, 0.1) is 20.8 Å². The molecule has 1 aromatic heterocycles. The monoisotopic (exact) mass is 345 g/mol. The van der Waals surface area contributed by atoms with E-state index >= 15 is 0 Å². The molecule has 1 N–H and O–H groups in total. The van der Waals surface area contributed by atoms with E-state index in [-0.39, 0.29) is 25.0 Å². The van der Waals surface area contributed by atoms with Gasteiger partial charge in [-0.05, 0) is 39.8 Å². The molecule has 0 spiro atoms. The number of aromatic nitrogens is 2. The highest BCUT2D eigenvalue weighted by Crippen LogP contribution is 2.19. The first kappa shape index (κ1) is 18.5. The Kier molecular flexibility index (Phi) is 6.16. The number of aryl methyl sites for hydroxylation is 2. The Morgan fingerprint density at radius 2 is 1.84 bits per heavy atom. The molecule has 0 bridgehead atoms. The van der Waals surface area contributed by atoms with Gasteiger partial charge in [0.15, 0.2) is 6.61 Å². The number of rotatable bonds is 7. The Labute approximate surface area is 146 Å².